The lowest BCUT2D eigenvalue weighted by molar-refractivity contribution is -0.384. The van der Waals surface area contributed by atoms with Crippen molar-refractivity contribution in [2.75, 3.05) is 0 Å². The molecule has 4 rings (SSSR count). The Hall–Kier alpha value is -2.45. The first-order valence-corrected chi connectivity index (χ1v) is 11.3. The van der Waals surface area contributed by atoms with Crippen LogP contribution in [0, 0.1) is 16.0 Å². The fourth-order valence-electron chi connectivity index (χ4n) is 3.71. The van der Waals surface area contributed by atoms with Crippen LogP contribution in [0.4, 0.5) is 5.69 Å². The van der Waals surface area contributed by atoms with E-state index in [9.17, 15) is 14.9 Å². The number of nitro groups is 1. The Kier molecular flexibility index (Phi) is 5.56. The van der Waals surface area contributed by atoms with Crippen molar-refractivity contribution < 1.29 is 4.92 Å². The van der Waals surface area contributed by atoms with Crippen LogP contribution in [-0.2, 0) is 25.1 Å². The average molecular weight is 428 g/mol. The van der Waals surface area contributed by atoms with Crippen LogP contribution in [0.1, 0.15) is 29.3 Å². The van der Waals surface area contributed by atoms with Crippen molar-refractivity contribution in [2.45, 2.75) is 43.6 Å². The zero-order valence-corrected chi connectivity index (χ0v) is 17.7. The first kappa shape index (κ1) is 19.8. The number of aryl methyl sites for hydroxylation is 1. The predicted octanol–water partition coefficient (Wildman–Crippen LogP) is 4.97. The van der Waals surface area contributed by atoms with Gasteiger partial charge in [0, 0.05) is 29.3 Å². The summed E-state index contributed by atoms with van der Waals surface area (Å²) in [5.74, 6) is 1.13. The Balaban J connectivity index is 1.73. The number of nitrogens with zero attached hydrogens (tertiary/aromatic N) is 3. The molecule has 0 spiro atoms. The van der Waals surface area contributed by atoms with Gasteiger partial charge in [0.1, 0.15) is 4.83 Å². The van der Waals surface area contributed by atoms with E-state index in [0.717, 1.165) is 35.0 Å². The lowest BCUT2D eigenvalue weighted by atomic mass is 9.89. The van der Waals surface area contributed by atoms with Crippen LogP contribution in [-0.4, -0.2) is 14.5 Å². The molecule has 2 heterocycles. The summed E-state index contributed by atoms with van der Waals surface area (Å²) in [5.41, 5.74) is 2.05. The smallest absolute Gasteiger partial charge is 0.269 e. The highest BCUT2D eigenvalue weighted by atomic mass is 32.2. The lowest BCUT2D eigenvalue weighted by Crippen LogP contribution is -2.23. The van der Waals surface area contributed by atoms with E-state index in [0.29, 0.717) is 23.4 Å². The molecule has 8 heteroatoms. The molecule has 0 fully saturated rings. The number of nitro benzene ring substituents is 1. The lowest BCUT2D eigenvalue weighted by Gasteiger charge is -2.17. The highest BCUT2D eigenvalue weighted by Crippen LogP contribution is 2.36. The van der Waals surface area contributed by atoms with Gasteiger partial charge in [-0.15, -0.1) is 17.9 Å². The van der Waals surface area contributed by atoms with Gasteiger partial charge < -0.3 is 0 Å². The van der Waals surface area contributed by atoms with E-state index in [1.807, 2.05) is 6.07 Å². The molecule has 6 nitrogen and oxygen atoms in total. The molecule has 0 bridgehead atoms. The van der Waals surface area contributed by atoms with E-state index in [-0.39, 0.29) is 11.2 Å². The maximum Gasteiger partial charge on any atom is 0.269 e. The summed E-state index contributed by atoms with van der Waals surface area (Å²) >= 11 is 3.06. The number of hydrogen-bond acceptors (Lipinski definition) is 6. The van der Waals surface area contributed by atoms with Gasteiger partial charge in [-0.1, -0.05) is 36.9 Å². The van der Waals surface area contributed by atoms with Crippen molar-refractivity contribution >= 4 is 39.0 Å². The molecule has 0 aliphatic heterocycles. The fourth-order valence-corrected chi connectivity index (χ4v) is 6.09. The highest BCUT2D eigenvalue weighted by Gasteiger charge is 2.24. The van der Waals surface area contributed by atoms with Crippen LogP contribution in [0.5, 0.6) is 0 Å². The topological polar surface area (TPSA) is 78.0 Å². The van der Waals surface area contributed by atoms with Gasteiger partial charge in [0.25, 0.3) is 11.2 Å². The first-order chi connectivity index (χ1) is 14.0. The zero-order chi connectivity index (χ0) is 20.5. The summed E-state index contributed by atoms with van der Waals surface area (Å²) in [6.07, 6.45) is 4.74. The Morgan fingerprint density at radius 2 is 2.31 bits per heavy atom. The van der Waals surface area contributed by atoms with Gasteiger partial charge in [0.15, 0.2) is 5.16 Å². The summed E-state index contributed by atoms with van der Waals surface area (Å²) in [6.45, 7) is 6.42. The number of fused-ring (bicyclic) bond motifs is 3. The molecule has 3 aromatic rings. The van der Waals surface area contributed by atoms with E-state index in [2.05, 4.69) is 13.5 Å². The Morgan fingerprint density at radius 1 is 1.48 bits per heavy atom. The van der Waals surface area contributed by atoms with Crippen LogP contribution < -0.4 is 5.56 Å². The van der Waals surface area contributed by atoms with Gasteiger partial charge in [-0.2, -0.15) is 0 Å². The molecule has 0 saturated carbocycles. The second-order valence-electron chi connectivity index (χ2n) is 7.35. The quantitative estimate of drug-likeness (QED) is 0.182. The number of aromatic nitrogens is 2. The summed E-state index contributed by atoms with van der Waals surface area (Å²) in [4.78, 5) is 30.8. The molecule has 1 aliphatic rings. The van der Waals surface area contributed by atoms with Crippen molar-refractivity contribution in [1.29, 1.82) is 0 Å². The first-order valence-electron chi connectivity index (χ1n) is 9.50. The van der Waals surface area contributed by atoms with Crippen LogP contribution >= 0.6 is 23.1 Å². The third-order valence-electron chi connectivity index (χ3n) is 5.18. The van der Waals surface area contributed by atoms with Crippen molar-refractivity contribution in [3.8, 4) is 0 Å². The number of non-ortho nitro benzene ring substituents is 1. The molecule has 1 aromatic carbocycles. The summed E-state index contributed by atoms with van der Waals surface area (Å²) in [7, 11) is 0. The van der Waals surface area contributed by atoms with Crippen molar-refractivity contribution in [1.82, 2.24) is 9.55 Å². The van der Waals surface area contributed by atoms with Gasteiger partial charge in [-0.3, -0.25) is 19.5 Å². The van der Waals surface area contributed by atoms with E-state index < -0.39 is 4.92 Å². The number of benzene rings is 1. The molecule has 0 radical (unpaired) electrons. The summed E-state index contributed by atoms with van der Waals surface area (Å²) in [6, 6.07) is 6.56. The molecule has 1 atom stereocenters. The standard InChI is InChI=1S/C21H21N3O3S2/c1-3-9-23-20(25)18-16-8-7-13(2)10-17(16)29-19(18)22-21(23)28-12-14-5-4-6-15(11-14)24(26)27/h3-6,11,13H,1,7-10,12H2,2H3. The molecule has 0 amide bonds. The maximum atomic E-state index is 13.3. The Bertz CT molecular complexity index is 1170. The van der Waals surface area contributed by atoms with Gasteiger partial charge in [-0.05, 0) is 36.3 Å². The summed E-state index contributed by atoms with van der Waals surface area (Å²) < 4.78 is 1.67. The Labute approximate surface area is 176 Å². The SMILES string of the molecule is C=CCn1c(SCc2cccc([N+](=O)[O-])c2)nc2sc3c(c2c1=O)CCC(C)C3. The molecule has 0 saturated heterocycles. The molecule has 150 valence electrons. The second kappa shape index (κ2) is 8.12. The van der Waals surface area contributed by atoms with Gasteiger partial charge in [0.05, 0.1) is 10.3 Å². The third kappa shape index (κ3) is 3.86. The maximum absolute atomic E-state index is 13.3. The monoisotopic (exact) mass is 427 g/mol. The Morgan fingerprint density at radius 3 is 3.07 bits per heavy atom. The minimum absolute atomic E-state index is 0.0107. The molecular formula is C21H21N3O3S2. The zero-order valence-electron chi connectivity index (χ0n) is 16.1. The molecule has 29 heavy (non-hydrogen) atoms. The van der Waals surface area contributed by atoms with E-state index in [1.54, 1.807) is 34.1 Å². The number of thioether (sulfide) groups is 1. The van der Waals surface area contributed by atoms with E-state index in [4.69, 9.17) is 4.98 Å². The van der Waals surface area contributed by atoms with Crippen LogP contribution in [0.25, 0.3) is 10.2 Å². The number of hydrogen-bond donors (Lipinski definition) is 0. The number of thiophene rings is 1. The van der Waals surface area contributed by atoms with E-state index >= 15 is 0 Å². The van der Waals surface area contributed by atoms with Crippen molar-refractivity contribution in [3.05, 3.63) is 73.4 Å². The fraction of sp³-hybridized carbons (Fsp3) is 0.333. The predicted molar refractivity (Wildman–Crippen MR) is 118 cm³/mol. The average Bonchev–Trinajstić information content (AvgIpc) is 3.06. The highest BCUT2D eigenvalue weighted by molar-refractivity contribution is 7.98. The molecule has 1 unspecified atom stereocenters. The van der Waals surface area contributed by atoms with Gasteiger partial charge in [0.2, 0.25) is 0 Å². The molecule has 1 aliphatic carbocycles. The van der Waals surface area contributed by atoms with Crippen LogP contribution in [0.15, 0.2) is 46.9 Å². The molecular weight excluding hydrogens is 406 g/mol. The van der Waals surface area contributed by atoms with Gasteiger partial charge in [-0.25, -0.2) is 4.98 Å². The van der Waals surface area contributed by atoms with Crippen molar-refractivity contribution in [2.24, 2.45) is 5.92 Å². The summed E-state index contributed by atoms with van der Waals surface area (Å²) in [5, 5.41) is 12.4. The normalized spacial score (nSPS) is 16.0. The minimum atomic E-state index is -0.400. The van der Waals surface area contributed by atoms with Crippen molar-refractivity contribution in [3.63, 3.8) is 0 Å². The second-order valence-corrected chi connectivity index (χ2v) is 9.37. The van der Waals surface area contributed by atoms with Crippen LogP contribution in [0.3, 0.4) is 0 Å². The van der Waals surface area contributed by atoms with E-state index in [1.165, 1.54) is 28.3 Å². The minimum Gasteiger partial charge on any atom is -0.283 e. The number of rotatable bonds is 6. The number of allylic oxidation sites excluding steroid dienone is 1. The molecule has 2 aromatic heterocycles. The third-order valence-corrected chi connectivity index (χ3v) is 7.38. The van der Waals surface area contributed by atoms with Crippen LogP contribution in [0.2, 0.25) is 0 Å². The largest absolute Gasteiger partial charge is 0.283 e. The molecule has 0 N–H and O–H groups in total. The van der Waals surface area contributed by atoms with Gasteiger partial charge >= 0.3 is 0 Å².